The van der Waals surface area contributed by atoms with E-state index in [-0.39, 0.29) is 57.3 Å². The van der Waals surface area contributed by atoms with Crippen LogP contribution in [-0.4, -0.2) is 58.6 Å². The van der Waals surface area contributed by atoms with Gasteiger partial charge in [-0.1, -0.05) is 43.5 Å². The van der Waals surface area contributed by atoms with Gasteiger partial charge in [-0.05, 0) is 79.1 Å². The van der Waals surface area contributed by atoms with Crippen molar-refractivity contribution in [3.63, 3.8) is 0 Å². The Morgan fingerprint density at radius 2 is 0.743 bits per heavy atom. The molecule has 4 unspecified atom stereocenters. The average molecular weight is 558 g/mol. The quantitative estimate of drug-likeness (QED) is 0.295. The van der Waals surface area contributed by atoms with Crippen LogP contribution in [0.1, 0.15) is 55.4 Å². The molecule has 0 aromatic heterocycles. The van der Waals surface area contributed by atoms with Crippen molar-refractivity contribution in [3.05, 3.63) is 62.7 Å². The molecule has 2 aliphatic carbocycles. The molecule has 6 fully saturated rings. The van der Waals surface area contributed by atoms with Gasteiger partial charge in [0.1, 0.15) is 0 Å². The first-order chi connectivity index (χ1) is 16.0. The van der Waals surface area contributed by atoms with E-state index in [1.54, 1.807) is 0 Å². The minimum absolute atomic E-state index is 0. The first-order valence-electron chi connectivity index (χ1n) is 12.7. The molecule has 4 aliphatic heterocycles. The summed E-state index contributed by atoms with van der Waals surface area (Å²) >= 11 is 0. The summed E-state index contributed by atoms with van der Waals surface area (Å²) in [5, 5.41) is 0. The second kappa shape index (κ2) is 11.0. The van der Waals surface area contributed by atoms with Gasteiger partial charge in [0.25, 0.3) is 0 Å². The summed E-state index contributed by atoms with van der Waals surface area (Å²) in [5.74, 6) is -0.795. The Kier molecular flexibility index (Phi) is 9.18. The number of hydrogen-bond acceptors (Lipinski definition) is 4. The molecule has 4 saturated heterocycles. The maximum Gasteiger partial charge on any atom is 0.163 e. The van der Waals surface area contributed by atoms with Crippen molar-refractivity contribution in [1.29, 1.82) is 0 Å². The van der Waals surface area contributed by atoms with E-state index in [2.05, 4.69) is 79.1 Å². The molecule has 0 bridgehead atoms. The molecule has 0 aromatic carbocycles. The second-order valence-corrected chi connectivity index (χ2v) is 17.1. The molecule has 10 radical (unpaired) electrons. The Hall–Kier alpha value is 1.22. The van der Waals surface area contributed by atoms with Gasteiger partial charge in [-0.15, -0.1) is 0 Å². The zero-order valence-electron chi connectivity index (χ0n) is 22.1. The van der Waals surface area contributed by atoms with Gasteiger partial charge >= 0.3 is 0 Å². The summed E-state index contributed by atoms with van der Waals surface area (Å²) in [6.45, 7) is 17.4. The molecule has 35 heavy (non-hydrogen) atoms. The zero-order chi connectivity index (χ0) is 24.4. The normalized spacial score (nSPS) is 48.3. The predicted octanol–water partition coefficient (Wildman–Crippen LogP) is 6.28. The van der Waals surface area contributed by atoms with Crippen LogP contribution in [0.2, 0.25) is 0 Å². The average Bonchev–Trinajstić information content (AvgIpc) is 3.56. The third-order valence-electron chi connectivity index (χ3n) is 7.87. The van der Waals surface area contributed by atoms with Crippen molar-refractivity contribution >= 4 is 15.8 Å². The van der Waals surface area contributed by atoms with Crippen LogP contribution >= 0.6 is 15.8 Å². The molecule has 0 amide bonds. The van der Waals surface area contributed by atoms with Crippen LogP contribution in [0.15, 0.2) is 0 Å². The fourth-order valence-corrected chi connectivity index (χ4v) is 13.1. The summed E-state index contributed by atoms with van der Waals surface area (Å²) in [6.07, 6.45) is 18.7. The van der Waals surface area contributed by atoms with E-state index in [9.17, 15) is 0 Å². The van der Waals surface area contributed by atoms with Crippen LogP contribution < -0.4 is 0 Å². The summed E-state index contributed by atoms with van der Waals surface area (Å²) in [5.41, 5.74) is 5.37. The van der Waals surface area contributed by atoms with Gasteiger partial charge in [0, 0.05) is 51.0 Å². The summed E-state index contributed by atoms with van der Waals surface area (Å²) in [6, 6.07) is 0. The largest absolute Gasteiger partial charge is 0.344 e. The van der Waals surface area contributed by atoms with Crippen LogP contribution in [0.3, 0.4) is 0 Å². The summed E-state index contributed by atoms with van der Waals surface area (Å²) in [7, 11) is -0.301. The van der Waals surface area contributed by atoms with Crippen molar-refractivity contribution in [2.75, 3.05) is 0 Å². The SMILES string of the molecule is C[C@H]1C2OC(C)(C)OC2[C@H](C)P1[C]1[CH][CH][CH][CH]1.C[C@H]1C2OC(C)(C)OC2[C@H](C)P1[C]1[CH][CH][CH][CH]1.[Fe]. The molecule has 4 heterocycles. The molecule has 0 spiro atoms. The van der Waals surface area contributed by atoms with Gasteiger partial charge in [0.05, 0.1) is 24.4 Å². The van der Waals surface area contributed by atoms with Gasteiger partial charge in [-0.2, -0.15) is 0 Å². The molecule has 4 nitrogen and oxygen atoms in total. The van der Waals surface area contributed by atoms with E-state index < -0.39 is 11.6 Å². The minimum Gasteiger partial charge on any atom is -0.344 e. The van der Waals surface area contributed by atoms with Crippen LogP contribution in [-0.2, 0) is 36.0 Å². The fourth-order valence-electron chi connectivity index (χ4n) is 6.51. The van der Waals surface area contributed by atoms with Crippen LogP contribution in [0.4, 0.5) is 0 Å². The van der Waals surface area contributed by atoms with E-state index >= 15 is 0 Å². The second-order valence-electron chi connectivity index (χ2n) is 11.2. The topological polar surface area (TPSA) is 36.9 Å². The van der Waals surface area contributed by atoms with Crippen molar-refractivity contribution in [2.45, 2.75) is 114 Å². The molecule has 194 valence electrons. The van der Waals surface area contributed by atoms with Gasteiger partial charge in [-0.3, -0.25) is 0 Å². The third kappa shape index (κ3) is 5.61. The first kappa shape index (κ1) is 29.2. The van der Waals surface area contributed by atoms with Crippen molar-refractivity contribution in [1.82, 2.24) is 0 Å². The number of rotatable bonds is 2. The molecule has 7 heteroatoms. The monoisotopic (exact) mass is 558 g/mol. The molecular weight excluding hydrogens is 518 g/mol. The molecule has 0 N–H and O–H groups in total. The Labute approximate surface area is 228 Å². The van der Waals surface area contributed by atoms with Gasteiger partial charge in [0.2, 0.25) is 0 Å². The maximum atomic E-state index is 6.08. The smallest absolute Gasteiger partial charge is 0.163 e. The maximum absolute atomic E-state index is 6.08. The minimum atomic E-state index is -0.398. The van der Waals surface area contributed by atoms with E-state index in [1.165, 1.54) is 11.3 Å². The predicted molar refractivity (Wildman–Crippen MR) is 140 cm³/mol. The Morgan fingerprint density at radius 1 is 0.514 bits per heavy atom. The van der Waals surface area contributed by atoms with E-state index in [1.807, 2.05) is 27.7 Å². The molecular formula is C28H40FeO4P2. The van der Waals surface area contributed by atoms with Crippen molar-refractivity contribution < 1.29 is 36.0 Å². The van der Waals surface area contributed by atoms with Crippen LogP contribution in [0.25, 0.3) is 0 Å². The van der Waals surface area contributed by atoms with Gasteiger partial charge in [-0.25, -0.2) is 0 Å². The van der Waals surface area contributed by atoms with Crippen molar-refractivity contribution in [2.24, 2.45) is 0 Å². The molecule has 2 saturated carbocycles. The standard InChI is InChI=1S/2C14H20O2P.Fe/c2*1-9-12-13(16-14(3,4)15-12)10(2)17(9)11-7-5-6-8-11;/h2*5-10,12-13H,1-4H3;/t2*9-,10-,12?,13?,17?;/m00./s1. The third-order valence-corrected chi connectivity index (χ3v) is 14.3. The molecule has 6 rings (SSSR count). The molecule has 8 atom stereocenters. The molecule has 0 aromatic rings. The van der Waals surface area contributed by atoms with Crippen LogP contribution in [0.5, 0.6) is 0 Å². The first-order valence-corrected chi connectivity index (χ1v) is 15.7. The number of ether oxygens (including phenoxy) is 4. The van der Waals surface area contributed by atoms with E-state index in [0.29, 0.717) is 22.6 Å². The van der Waals surface area contributed by atoms with Gasteiger partial charge < -0.3 is 18.9 Å². The Morgan fingerprint density at radius 3 is 0.971 bits per heavy atom. The van der Waals surface area contributed by atoms with Crippen molar-refractivity contribution in [3.8, 4) is 0 Å². The summed E-state index contributed by atoms with van der Waals surface area (Å²) in [4.78, 5) is 0. The Bertz CT molecular complexity index is 624. The molecule has 6 aliphatic rings. The Balaban J connectivity index is 0.000000160. The number of hydrogen-bond donors (Lipinski definition) is 0. The van der Waals surface area contributed by atoms with Gasteiger partial charge in [0.15, 0.2) is 11.6 Å². The number of fused-ring (bicyclic) bond motifs is 2. The van der Waals surface area contributed by atoms with E-state index in [4.69, 9.17) is 18.9 Å². The zero-order valence-corrected chi connectivity index (χ0v) is 25.0. The summed E-state index contributed by atoms with van der Waals surface area (Å²) < 4.78 is 24.3. The fraction of sp³-hybridized carbons (Fsp3) is 0.643. The van der Waals surface area contributed by atoms with Crippen LogP contribution in [0, 0.1) is 62.7 Å². The van der Waals surface area contributed by atoms with E-state index in [0.717, 1.165) is 0 Å².